The molecule has 2 aliphatic heterocycles. The third-order valence-electron chi connectivity index (χ3n) is 5.99. The van der Waals surface area contributed by atoms with Crippen LogP contribution in [-0.4, -0.2) is 61.1 Å². The van der Waals surface area contributed by atoms with Gasteiger partial charge < -0.3 is 19.9 Å². The topological polar surface area (TPSA) is 61.9 Å². The molecule has 1 aromatic carbocycles. The van der Waals surface area contributed by atoms with E-state index >= 15 is 0 Å². The molecule has 0 aliphatic carbocycles. The van der Waals surface area contributed by atoms with Crippen LogP contribution in [0.1, 0.15) is 56.9 Å². The Kier molecular flexibility index (Phi) is 6.47. The van der Waals surface area contributed by atoms with E-state index in [1.165, 1.54) is 0 Å². The zero-order valence-electron chi connectivity index (χ0n) is 17.4. The van der Waals surface area contributed by atoms with Crippen molar-refractivity contribution in [3.63, 3.8) is 0 Å². The number of hydrogen-bond acceptors (Lipinski definition) is 3. The maximum atomic E-state index is 12.4. The van der Waals surface area contributed by atoms with Gasteiger partial charge in [0.2, 0.25) is 5.91 Å². The van der Waals surface area contributed by atoms with Gasteiger partial charge in [0, 0.05) is 58.9 Å². The molecule has 0 unspecified atom stereocenters. The van der Waals surface area contributed by atoms with Crippen molar-refractivity contribution in [1.29, 1.82) is 0 Å². The van der Waals surface area contributed by atoms with E-state index in [0.29, 0.717) is 19.5 Å². The SMILES string of the molecule is CCCCNC(=O)N1CCC2(CC1)C[C@@H](CC(=O)N(C)C)c1ccccc1O2. The van der Waals surface area contributed by atoms with Gasteiger partial charge in [-0.2, -0.15) is 0 Å². The molecule has 0 aromatic heterocycles. The molecule has 6 heteroatoms. The molecule has 0 saturated carbocycles. The maximum absolute atomic E-state index is 12.4. The molecule has 1 N–H and O–H groups in total. The molecular formula is C22H33N3O3. The Morgan fingerprint density at radius 1 is 1.25 bits per heavy atom. The molecule has 3 rings (SSSR count). The van der Waals surface area contributed by atoms with E-state index in [1.807, 2.05) is 23.1 Å². The molecular weight excluding hydrogens is 354 g/mol. The Bertz CT molecular complexity index is 696. The smallest absolute Gasteiger partial charge is 0.317 e. The van der Waals surface area contributed by atoms with Crippen LogP contribution in [0.5, 0.6) is 5.75 Å². The average Bonchev–Trinajstić information content (AvgIpc) is 2.68. The number of urea groups is 1. The molecule has 1 aromatic rings. The van der Waals surface area contributed by atoms with Gasteiger partial charge in [-0.3, -0.25) is 4.79 Å². The van der Waals surface area contributed by atoms with Crippen LogP contribution in [0.2, 0.25) is 0 Å². The van der Waals surface area contributed by atoms with E-state index < -0.39 is 0 Å². The molecule has 1 fully saturated rings. The van der Waals surface area contributed by atoms with E-state index in [4.69, 9.17) is 4.74 Å². The van der Waals surface area contributed by atoms with Gasteiger partial charge in [-0.15, -0.1) is 0 Å². The summed E-state index contributed by atoms with van der Waals surface area (Å²) < 4.78 is 6.48. The predicted molar refractivity (Wildman–Crippen MR) is 110 cm³/mol. The monoisotopic (exact) mass is 387 g/mol. The van der Waals surface area contributed by atoms with Crippen LogP contribution in [0.4, 0.5) is 4.79 Å². The molecule has 0 bridgehead atoms. The fourth-order valence-corrected chi connectivity index (χ4v) is 4.23. The number of ether oxygens (including phenoxy) is 1. The number of rotatable bonds is 5. The van der Waals surface area contributed by atoms with Crippen molar-refractivity contribution in [3.05, 3.63) is 29.8 Å². The summed E-state index contributed by atoms with van der Waals surface area (Å²) in [5.74, 6) is 1.19. The summed E-state index contributed by atoms with van der Waals surface area (Å²) in [6.07, 6.45) is 5.00. The highest BCUT2D eigenvalue weighted by molar-refractivity contribution is 5.77. The molecule has 6 nitrogen and oxygen atoms in total. The van der Waals surface area contributed by atoms with Gasteiger partial charge in [-0.05, 0) is 24.5 Å². The molecule has 154 valence electrons. The number of amides is 3. The standard InChI is InChI=1S/C22H33N3O3/c1-4-5-12-23-21(27)25-13-10-22(11-14-25)16-17(15-20(26)24(2)3)18-8-6-7-9-19(18)28-22/h6-9,17H,4-5,10-16H2,1-3H3,(H,23,27)/t17-/m1/s1. The zero-order chi connectivity index (χ0) is 20.1. The van der Waals surface area contributed by atoms with Crippen LogP contribution in [0.15, 0.2) is 24.3 Å². The number of para-hydroxylation sites is 1. The van der Waals surface area contributed by atoms with Crippen molar-refractivity contribution in [2.45, 2.75) is 57.0 Å². The summed E-state index contributed by atoms with van der Waals surface area (Å²) in [6, 6.07) is 8.10. The van der Waals surface area contributed by atoms with Crippen molar-refractivity contribution in [3.8, 4) is 5.75 Å². The summed E-state index contributed by atoms with van der Waals surface area (Å²) in [7, 11) is 3.61. The summed E-state index contributed by atoms with van der Waals surface area (Å²) in [5, 5.41) is 3.00. The number of nitrogens with one attached hydrogen (secondary N) is 1. The van der Waals surface area contributed by atoms with E-state index in [1.54, 1.807) is 19.0 Å². The lowest BCUT2D eigenvalue weighted by molar-refractivity contribution is -0.129. The summed E-state index contributed by atoms with van der Waals surface area (Å²) in [6.45, 7) is 4.23. The number of piperidine rings is 1. The quantitative estimate of drug-likeness (QED) is 0.788. The summed E-state index contributed by atoms with van der Waals surface area (Å²) >= 11 is 0. The van der Waals surface area contributed by atoms with Crippen molar-refractivity contribution >= 4 is 11.9 Å². The van der Waals surface area contributed by atoms with Gasteiger partial charge in [-0.25, -0.2) is 4.79 Å². The highest BCUT2D eigenvalue weighted by Gasteiger charge is 2.44. The van der Waals surface area contributed by atoms with Crippen LogP contribution in [0.3, 0.4) is 0 Å². The zero-order valence-corrected chi connectivity index (χ0v) is 17.4. The van der Waals surface area contributed by atoms with Gasteiger partial charge in [-0.1, -0.05) is 31.5 Å². The average molecular weight is 388 g/mol. The minimum Gasteiger partial charge on any atom is -0.487 e. The maximum Gasteiger partial charge on any atom is 0.317 e. The first-order chi connectivity index (χ1) is 13.4. The van der Waals surface area contributed by atoms with E-state index in [2.05, 4.69) is 18.3 Å². The van der Waals surface area contributed by atoms with Crippen LogP contribution in [-0.2, 0) is 4.79 Å². The lowest BCUT2D eigenvalue weighted by Gasteiger charge is -2.47. The largest absolute Gasteiger partial charge is 0.487 e. The lowest BCUT2D eigenvalue weighted by atomic mass is 9.76. The number of carbonyl (C=O) groups is 2. The second-order valence-electron chi connectivity index (χ2n) is 8.29. The highest BCUT2D eigenvalue weighted by atomic mass is 16.5. The molecule has 3 amide bonds. The second-order valence-corrected chi connectivity index (χ2v) is 8.29. The Labute approximate surface area is 168 Å². The van der Waals surface area contributed by atoms with Crippen LogP contribution >= 0.6 is 0 Å². The molecule has 2 aliphatic rings. The molecule has 1 atom stereocenters. The Morgan fingerprint density at radius 2 is 1.96 bits per heavy atom. The van der Waals surface area contributed by atoms with Crippen LogP contribution in [0.25, 0.3) is 0 Å². The molecule has 0 radical (unpaired) electrons. The lowest BCUT2D eigenvalue weighted by Crippen LogP contribution is -2.53. The normalized spacial score (nSPS) is 20.2. The van der Waals surface area contributed by atoms with Gasteiger partial charge in [0.25, 0.3) is 0 Å². The minimum atomic E-state index is -0.286. The van der Waals surface area contributed by atoms with E-state index in [9.17, 15) is 9.59 Å². The molecule has 1 saturated heterocycles. The second kappa shape index (κ2) is 8.84. The predicted octanol–water partition coefficient (Wildman–Crippen LogP) is 3.38. The number of unbranched alkanes of at least 4 members (excludes halogenated alkanes) is 1. The number of carbonyl (C=O) groups excluding carboxylic acids is 2. The van der Waals surface area contributed by atoms with Gasteiger partial charge in [0.15, 0.2) is 0 Å². The highest BCUT2D eigenvalue weighted by Crippen LogP contribution is 2.46. The molecule has 1 spiro atoms. The minimum absolute atomic E-state index is 0.0267. The molecule has 2 heterocycles. The Morgan fingerprint density at radius 3 is 2.64 bits per heavy atom. The van der Waals surface area contributed by atoms with E-state index in [-0.39, 0.29) is 23.5 Å². The summed E-state index contributed by atoms with van der Waals surface area (Å²) in [4.78, 5) is 28.3. The van der Waals surface area contributed by atoms with Crippen molar-refractivity contribution < 1.29 is 14.3 Å². The number of fused-ring (bicyclic) bond motifs is 1. The number of likely N-dealkylation sites (tertiary alicyclic amines) is 1. The third kappa shape index (κ3) is 4.59. The first kappa shape index (κ1) is 20.5. The van der Waals surface area contributed by atoms with Gasteiger partial charge in [0.05, 0.1) is 0 Å². The van der Waals surface area contributed by atoms with Crippen LogP contribution < -0.4 is 10.1 Å². The van der Waals surface area contributed by atoms with Crippen molar-refractivity contribution in [1.82, 2.24) is 15.1 Å². The van der Waals surface area contributed by atoms with Crippen molar-refractivity contribution in [2.75, 3.05) is 33.7 Å². The number of benzene rings is 1. The molecule has 28 heavy (non-hydrogen) atoms. The fourth-order valence-electron chi connectivity index (χ4n) is 4.23. The Balaban J connectivity index is 1.68. The summed E-state index contributed by atoms with van der Waals surface area (Å²) in [5.41, 5.74) is 0.842. The van der Waals surface area contributed by atoms with Crippen molar-refractivity contribution in [2.24, 2.45) is 0 Å². The van der Waals surface area contributed by atoms with Crippen LogP contribution in [0, 0.1) is 0 Å². The van der Waals surface area contributed by atoms with Gasteiger partial charge >= 0.3 is 6.03 Å². The number of nitrogens with zero attached hydrogens (tertiary/aromatic N) is 2. The Hall–Kier alpha value is -2.24. The first-order valence-electron chi connectivity index (χ1n) is 10.4. The van der Waals surface area contributed by atoms with E-state index in [0.717, 1.165) is 50.0 Å². The van der Waals surface area contributed by atoms with Gasteiger partial charge in [0.1, 0.15) is 11.4 Å². The number of hydrogen-bond donors (Lipinski definition) is 1. The first-order valence-corrected chi connectivity index (χ1v) is 10.4. The third-order valence-corrected chi connectivity index (χ3v) is 5.99. The fraction of sp³-hybridized carbons (Fsp3) is 0.636.